The Morgan fingerprint density at radius 3 is 2.50 bits per heavy atom. The lowest BCUT2D eigenvalue weighted by Crippen LogP contribution is -1.99. The molecule has 2 aromatic rings. The lowest BCUT2D eigenvalue weighted by atomic mass is 9.80. The molecule has 16 heavy (non-hydrogen) atoms. The summed E-state index contributed by atoms with van der Waals surface area (Å²) in [6, 6.07) is 11.1. The second-order valence-corrected chi connectivity index (χ2v) is 3.58. The molecule has 0 saturated carbocycles. The second kappa shape index (κ2) is 3.25. The number of ether oxygens (including phenoxy) is 1. The van der Waals surface area contributed by atoms with Gasteiger partial charge < -0.3 is 9.84 Å². The normalized spacial score (nSPS) is 11.3. The molecule has 0 unspecified atom stereocenters. The molecule has 0 heterocycles. The molecule has 78 valence electrons. The predicted molar refractivity (Wildman–Crippen MR) is 57.9 cm³/mol. The highest BCUT2D eigenvalue weighted by molar-refractivity contribution is 6.05. The van der Waals surface area contributed by atoms with Crippen molar-refractivity contribution in [1.82, 2.24) is 0 Å². The molecule has 0 atom stereocenters. The first kappa shape index (κ1) is 9.24. The van der Waals surface area contributed by atoms with E-state index in [0.717, 1.165) is 16.7 Å². The van der Waals surface area contributed by atoms with Crippen LogP contribution in [0.15, 0.2) is 36.4 Å². The fraction of sp³-hybridized carbons (Fsp3) is 0. The molecule has 0 saturated heterocycles. The predicted octanol–water partition coefficient (Wildman–Crippen LogP) is 3.35. The van der Waals surface area contributed by atoms with Crippen molar-refractivity contribution in [2.45, 2.75) is 0 Å². The molecule has 2 aromatic carbocycles. The topological polar surface area (TPSA) is 49.4 Å². The van der Waals surface area contributed by atoms with Gasteiger partial charge in [-0.05, 0) is 28.8 Å². The molecular weight excluding hydrogens is 204 g/mol. The molecule has 1 N–H and O–H groups in total. The summed E-state index contributed by atoms with van der Waals surface area (Å²) in [4.78, 5) is 0. The van der Waals surface area contributed by atoms with Crippen LogP contribution in [0.1, 0.15) is 0 Å². The molecule has 1 aliphatic carbocycles. The van der Waals surface area contributed by atoms with Crippen LogP contribution < -0.4 is 4.74 Å². The summed E-state index contributed by atoms with van der Waals surface area (Å²) >= 11 is 0. The monoisotopic (exact) mass is 212 g/mol. The maximum absolute atomic E-state index is 11.9. The van der Waals surface area contributed by atoms with Crippen molar-refractivity contribution >= 4 is 0 Å². The minimum Gasteiger partial charge on any atom is -0.454 e. The lowest BCUT2D eigenvalue weighted by molar-refractivity contribution is 0.183. The van der Waals surface area contributed by atoms with Crippen molar-refractivity contribution in [3.8, 4) is 33.8 Å². The fourth-order valence-corrected chi connectivity index (χ4v) is 2.08. The first-order valence-corrected chi connectivity index (χ1v) is 4.89. The highest BCUT2D eigenvalue weighted by Gasteiger charge is 2.28. The third kappa shape index (κ3) is 1.06. The average Bonchev–Trinajstić information content (AvgIpc) is 2.28. The second-order valence-electron chi connectivity index (χ2n) is 3.58. The Labute approximate surface area is 92.5 Å². The molecule has 0 aromatic heterocycles. The third-order valence-electron chi connectivity index (χ3n) is 2.79. The largest absolute Gasteiger partial charge is 0.454 e. The van der Waals surface area contributed by atoms with Gasteiger partial charge in [-0.1, -0.05) is 24.3 Å². The molecule has 0 bridgehead atoms. The van der Waals surface area contributed by atoms with Gasteiger partial charge in [-0.2, -0.15) is 0 Å². The van der Waals surface area contributed by atoms with E-state index >= 15 is 0 Å². The summed E-state index contributed by atoms with van der Waals surface area (Å²) in [5.41, 5.74) is 3.67. The van der Waals surface area contributed by atoms with Gasteiger partial charge in [0.05, 0.1) is 0 Å². The molecule has 1 aliphatic rings. The molecule has 3 nitrogen and oxygen atoms in total. The number of hydrogen-bond donors (Lipinski definition) is 1. The van der Waals surface area contributed by atoms with Crippen LogP contribution in [-0.2, 0) is 5.11 Å². The minimum absolute atomic E-state index is 0.149. The van der Waals surface area contributed by atoms with Crippen molar-refractivity contribution in [1.29, 1.82) is 0 Å². The van der Waals surface area contributed by atoms with Crippen molar-refractivity contribution in [2.24, 2.45) is 0 Å². The zero-order valence-corrected chi connectivity index (χ0v) is 8.31. The van der Waals surface area contributed by atoms with Gasteiger partial charge >= 0.3 is 0 Å². The first-order chi connectivity index (χ1) is 7.83. The molecule has 0 amide bonds. The van der Waals surface area contributed by atoms with Gasteiger partial charge in [-0.25, -0.2) is 0 Å². The Morgan fingerprint density at radius 1 is 1.00 bits per heavy atom. The summed E-state index contributed by atoms with van der Waals surface area (Å²) in [5, 5.41) is 20.5. The Morgan fingerprint density at radius 2 is 1.75 bits per heavy atom. The zero-order valence-electron chi connectivity index (χ0n) is 8.31. The number of aliphatic hydroxyl groups excluding tert-OH is 1. The van der Waals surface area contributed by atoms with E-state index in [1.165, 1.54) is 0 Å². The van der Waals surface area contributed by atoms with Gasteiger partial charge in [0, 0.05) is 5.56 Å². The summed E-state index contributed by atoms with van der Waals surface area (Å²) in [7, 11) is 0. The van der Waals surface area contributed by atoms with Crippen LogP contribution >= 0.6 is 0 Å². The Hall–Kier alpha value is -2.00. The Bertz CT molecular complexity index is 561. The Kier molecular flexibility index (Phi) is 1.88. The van der Waals surface area contributed by atoms with Crippen LogP contribution in [-0.4, -0.2) is 5.11 Å². The van der Waals surface area contributed by atoms with Crippen LogP contribution in [0.4, 0.5) is 0 Å². The van der Waals surface area contributed by atoms with Crippen LogP contribution in [0.25, 0.3) is 22.3 Å². The summed E-state index contributed by atoms with van der Waals surface area (Å²) < 4.78 is 4.74. The maximum Gasteiger partial charge on any atom is 0.260 e. The smallest absolute Gasteiger partial charge is 0.260 e. The number of fused-ring (bicyclic) bond motifs is 4. The van der Waals surface area contributed by atoms with Crippen molar-refractivity contribution in [2.75, 3.05) is 0 Å². The summed E-state index contributed by atoms with van der Waals surface area (Å²) in [6.07, 6.45) is 0. The molecule has 3 rings (SSSR count). The first-order valence-electron chi connectivity index (χ1n) is 4.89. The minimum atomic E-state index is -0.179. The SMILES string of the molecule is [O]c1c(O[CH]O)ccc2c1-c1ccccc1-2. The zero-order chi connectivity index (χ0) is 11.1. The summed E-state index contributed by atoms with van der Waals surface area (Å²) in [5.74, 6) is -0.0303. The number of aliphatic hydroxyl groups is 1. The number of hydrogen-bond acceptors (Lipinski definition) is 2. The maximum atomic E-state index is 11.9. The van der Waals surface area contributed by atoms with Crippen LogP contribution in [0, 0.1) is 6.79 Å². The quantitative estimate of drug-likeness (QED) is 0.708. The highest BCUT2D eigenvalue weighted by Crippen LogP contribution is 2.54. The molecule has 0 spiro atoms. The van der Waals surface area contributed by atoms with Crippen molar-refractivity contribution in [3.05, 3.63) is 43.2 Å². The molecular formula is C13H8O3. The van der Waals surface area contributed by atoms with Crippen molar-refractivity contribution in [3.63, 3.8) is 0 Å². The molecule has 2 radical (unpaired) electrons. The van der Waals surface area contributed by atoms with E-state index in [9.17, 15) is 5.11 Å². The lowest BCUT2D eigenvalue weighted by Gasteiger charge is -2.24. The molecule has 0 fully saturated rings. The van der Waals surface area contributed by atoms with E-state index in [2.05, 4.69) is 0 Å². The van der Waals surface area contributed by atoms with E-state index in [-0.39, 0.29) is 11.5 Å². The van der Waals surface area contributed by atoms with Crippen LogP contribution in [0.3, 0.4) is 0 Å². The van der Waals surface area contributed by atoms with Crippen molar-refractivity contribution < 1.29 is 14.9 Å². The number of rotatable bonds is 2. The van der Waals surface area contributed by atoms with Crippen LogP contribution in [0.2, 0.25) is 0 Å². The van der Waals surface area contributed by atoms with E-state index < -0.39 is 0 Å². The van der Waals surface area contributed by atoms with Gasteiger partial charge in [-0.15, -0.1) is 0 Å². The van der Waals surface area contributed by atoms with E-state index in [0.29, 0.717) is 12.4 Å². The van der Waals surface area contributed by atoms with E-state index in [1.54, 1.807) is 6.07 Å². The molecule has 0 aliphatic heterocycles. The van der Waals surface area contributed by atoms with Gasteiger partial charge in [0.1, 0.15) is 0 Å². The van der Waals surface area contributed by atoms with Gasteiger partial charge in [0.15, 0.2) is 5.75 Å². The molecule has 3 heteroatoms. The standard InChI is InChI=1S/C13H8O3/c14-7-16-11-6-5-10-8-3-1-2-4-9(8)12(10)13(11)15/h1-7,14H. The van der Waals surface area contributed by atoms with E-state index in [1.807, 2.05) is 30.3 Å². The fourth-order valence-electron chi connectivity index (χ4n) is 2.08. The van der Waals surface area contributed by atoms with Gasteiger partial charge in [-0.3, -0.25) is 5.11 Å². The number of benzene rings is 2. The Balaban J connectivity index is 2.16. The highest BCUT2D eigenvalue weighted by atomic mass is 16.6. The third-order valence-corrected chi connectivity index (χ3v) is 2.79. The van der Waals surface area contributed by atoms with Gasteiger partial charge in [0.25, 0.3) is 6.79 Å². The van der Waals surface area contributed by atoms with E-state index in [4.69, 9.17) is 9.84 Å². The van der Waals surface area contributed by atoms with Gasteiger partial charge in [0.2, 0.25) is 5.75 Å². The average molecular weight is 212 g/mol. The van der Waals surface area contributed by atoms with Crippen LogP contribution in [0.5, 0.6) is 11.5 Å². The summed E-state index contributed by atoms with van der Waals surface area (Å²) in [6.45, 7) is 0.522.